The van der Waals surface area contributed by atoms with Crippen LogP contribution in [0.1, 0.15) is 5.56 Å². The van der Waals surface area contributed by atoms with Gasteiger partial charge in [-0.15, -0.1) is 0 Å². The van der Waals surface area contributed by atoms with Crippen LogP contribution in [0.15, 0.2) is 54.6 Å². The normalized spacial score (nSPS) is 11.0. The Morgan fingerprint density at radius 2 is 1.80 bits per heavy atom. The van der Waals surface area contributed by atoms with Crippen molar-refractivity contribution in [2.24, 2.45) is 0 Å². The molecular formula is C18H15Cl2N5. The Balaban J connectivity index is 1.76. The first-order valence-electron chi connectivity index (χ1n) is 7.54. The molecule has 25 heavy (non-hydrogen) atoms. The van der Waals surface area contributed by atoms with Gasteiger partial charge in [-0.3, -0.25) is 0 Å². The van der Waals surface area contributed by atoms with Crippen molar-refractivity contribution in [3.63, 3.8) is 0 Å². The summed E-state index contributed by atoms with van der Waals surface area (Å²) in [7, 11) is 0. The number of aromatic nitrogens is 3. The Labute approximate surface area is 155 Å². The van der Waals surface area contributed by atoms with E-state index in [0.717, 1.165) is 5.56 Å². The van der Waals surface area contributed by atoms with Gasteiger partial charge in [0.15, 0.2) is 5.82 Å². The fraction of sp³-hybridized carbons (Fsp3) is 0.0556. The van der Waals surface area contributed by atoms with Gasteiger partial charge in [-0.2, -0.15) is 15.0 Å². The molecule has 0 aliphatic carbocycles. The third kappa shape index (κ3) is 4.68. The third-order valence-electron chi connectivity index (χ3n) is 3.31. The number of nitrogens with one attached hydrogen (secondary N) is 1. The van der Waals surface area contributed by atoms with E-state index in [1.165, 1.54) is 0 Å². The summed E-state index contributed by atoms with van der Waals surface area (Å²) >= 11 is 12.2. The van der Waals surface area contributed by atoms with Crippen LogP contribution in [0.3, 0.4) is 0 Å². The van der Waals surface area contributed by atoms with E-state index < -0.39 is 0 Å². The highest BCUT2D eigenvalue weighted by molar-refractivity contribution is 6.35. The zero-order chi connectivity index (χ0) is 17.6. The average molecular weight is 372 g/mol. The van der Waals surface area contributed by atoms with Crippen molar-refractivity contribution < 1.29 is 0 Å². The van der Waals surface area contributed by atoms with E-state index in [2.05, 4.69) is 20.3 Å². The molecule has 0 aliphatic heterocycles. The molecule has 0 unspecified atom stereocenters. The van der Waals surface area contributed by atoms with E-state index in [9.17, 15) is 0 Å². The highest BCUT2D eigenvalue weighted by Gasteiger charge is 2.10. The van der Waals surface area contributed by atoms with Crippen LogP contribution in [0.2, 0.25) is 10.0 Å². The molecule has 126 valence electrons. The molecule has 0 spiro atoms. The summed E-state index contributed by atoms with van der Waals surface area (Å²) < 4.78 is 0. The summed E-state index contributed by atoms with van der Waals surface area (Å²) in [4.78, 5) is 12.6. The zero-order valence-electron chi connectivity index (χ0n) is 13.2. The lowest BCUT2D eigenvalue weighted by molar-refractivity contribution is 1.05. The van der Waals surface area contributed by atoms with Crippen LogP contribution in [0.5, 0.6) is 0 Å². The standard InChI is InChI=1S/C18H15Cl2N5/c19-13-8-9-15(20)14(11-13)16-23-17(21)25-18(24-16)22-10-4-7-12-5-2-1-3-6-12/h1-9,11H,10H2,(H3,21,22,23,24,25). The van der Waals surface area contributed by atoms with Crippen molar-refractivity contribution in [1.29, 1.82) is 0 Å². The largest absolute Gasteiger partial charge is 0.368 e. The summed E-state index contributed by atoms with van der Waals surface area (Å²) in [5.41, 5.74) is 7.50. The molecule has 0 saturated carbocycles. The van der Waals surface area contributed by atoms with Crippen LogP contribution in [0, 0.1) is 0 Å². The summed E-state index contributed by atoms with van der Waals surface area (Å²) in [6.45, 7) is 0.543. The van der Waals surface area contributed by atoms with Gasteiger partial charge in [0, 0.05) is 17.1 Å². The molecule has 0 radical (unpaired) electrons. The number of halogens is 2. The number of nitrogen functional groups attached to an aromatic ring is 1. The van der Waals surface area contributed by atoms with E-state index >= 15 is 0 Å². The smallest absolute Gasteiger partial charge is 0.228 e. The topological polar surface area (TPSA) is 76.7 Å². The number of nitrogens with zero attached hydrogens (tertiary/aromatic N) is 3. The zero-order valence-corrected chi connectivity index (χ0v) is 14.7. The predicted molar refractivity (Wildman–Crippen MR) is 104 cm³/mol. The van der Waals surface area contributed by atoms with Crippen LogP contribution >= 0.6 is 23.2 Å². The molecule has 3 N–H and O–H groups in total. The molecule has 2 aromatic carbocycles. The molecule has 0 bridgehead atoms. The maximum Gasteiger partial charge on any atom is 0.228 e. The maximum absolute atomic E-state index is 6.20. The predicted octanol–water partition coefficient (Wildman–Crippen LogP) is 4.55. The van der Waals surface area contributed by atoms with Gasteiger partial charge in [0.1, 0.15) is 0 Å². The number of hydrogen-bond donors (Lipinski definition) is 2. The first-order valence-corrected chi connectivity index (χ1v) is 8.30. The molecule has 1 aromatic heterocycles. The molecule has 7 heteroatoms. The van der Waals surface area contributed by atoms with Crippen LogP contribution < -0.4 is 11.1 Å². The van der Waals surface area contributed by atoms with Gasteiger partial charge < -0.3 is 11.1 Å². The van der Waals surface area contributed by atoms with Crippen LogP contribution in [-0.4, -0.2) is 21.5 Å². The Hall–Kier alpha value is -2.63. The van der Waals surface area contributed by atoms with Gasteiger partial charge in [0.25, 0.3) is 0 Å². The monoisotopic (exact) mass is 371 g/mol. The van der Waals surface area contributed by atoms with E-state index in [4.69, 9.17) is 28.9 Å². The second-order valence-electron chi connectivity index (χ2n) is 5.16. The molecule has 5 nitrogen and oxygen atoms in total. The maximum atomic E-state index is 6.20. The minimum Gasteiger partial charge on any atom is -0.368 e. The van der Waals surface area contributed by atoms with Crippen molar-refractivity contribution >= 4 is 41.2 Å². The van der Waals surface area contributed by atoms with Gasteiger partial charge in [-0.25, -0.2) is 0 Å². The van der Waals surface area contributed by atoms with Crippen LogP contribution in [0.4, 0.5) is 11.9 Å². The Kier molecular flexibility index (Phi) is 5.48. The van der Waals surface area contributed by atoms with Crippen molar-refractivity contribution in [2.45, 2.75) is 0 Å². The minimum absolute atomic E-state index is 0.107. The highest BCUT2D eigenvalue weighted by Crippen LogP contribution is 2.28. The van der Waals surface area contributed by atoms with E-state index in [1.54, 1.807) is 18.2 Å². The first-order chi connectivity index (χ1) is 12.1. The molecule has 0 aliphatic rings. The number of hydrogen-bond acceptors (Lipinski definition) is 5. The molecule has 0 amide bonds. The van der Waals surface area contributed by atoms with Crippen LogP contribution in [0.25, 0.3) is 17.5 Å². The molecule has 0 fully saturated rings. The van der Waals surface area contributed by atoms with E-state index in [1.807, 2.05) is 42.5 Å². The fourth-order valence-electron chi connectivity index (χ4n) is 2.17. The summed E-state index contributed by atoms with van der Waals surface area (Å²) in [5, 5.41) is 4.13. The Morgan fingerprint density at radius 1 is 1.00 bits per heavy atom. The minimum atomic E-state index is 0.107. The molecule has 0 atom stereocenters. The van der Waals surface area contributed by atoms with Crippen molar-refractivity contribution in [2.75, 3.05) is 17.6 Å². The summed E-state index contributed by atoms with van der Waals surface area (Å²) in [6, 6.07) is 15.1. The first kappa shape index (κ1) is 17.2. The van der Waals surface area contributed by atoms with Gasteiger partial charge in [-0.1, -0.05) is 65.7 Å². The molecule has 3 aromatic rings. The highest BCUT2D eigenvalue weighted by atomic mass is 35.5. The van der Waals surface area contributed by atoms with Gasteiger partial charge >= 0.3 is 0 Å². The SMILES string of the molecule is Nc1nc(NCC=Cc2ccccc2)nc(-c2cc(Cl)ccc2Cl)n1. The number of benzene rings is 2. The fourth-order valence-corrected chi connectivity index (χ4v) is 2.54. The molecular weight excluding hydrogens is 357 g/mol. The number of rotatable bonds is 5. The average Bonchev–Trinajstić information content (AvgIpc) is 2.61. The van der Waals surface area contributed by atoms with Crippen molar-refractivity contribution in [3.8, 4) is 11.4 Å². The van der Waals surface area contributed by atoms with E-state index in [-0.39, 0.29) is 5.95 Å². The molecule has 1 heterocycles. The van der Waals surface area contributed by atoms with Gasteiger partial charge in [-0.05, 0) is 23.8 Å². The second kappa shape index (κ2) is 7.96. The molecule has 0 saturated heterocycles. The van der Waals surface area contributed by atoms with Crippen molar-refractivity contribution in [3.05, 3.63) is 70.2 Å². The van der Waals surface area contributed by atoms with Gasteiger partial charge in [0.05, 0.1) is 5.02 Å². The number of nitrogens with two attached hydrogens (primary N) is 1. The third-order valence-corrected chi connectivity index (χ3v) is 3.87. The Bertz CT molecular complexity index is 897. The lowest BCUT2D eigenvalue weighted by atomic mass is 10.2. The van der Waals surface area contributed by atoms with Crippen LogP contribution in [-0.2, 0) is 0 Å². The lowest BCUT2D eigenvalue weighted by Crippen LogP contribution is -2.08. The van der Waals surface area contributed by atoms with Crippen molar-refractivity contribution in [1.82, 2.24) is 15.0 Å². The number of anilines is 2. The molecule has 3 rings (SSSR count). The Morgan fingerprint density at radius 3 is 2.60 bits per heavy atom. The summed E-state index contributed by atoms with van der Waals surface area (Å²) in [6.07, 6.45) is 3.98. The van der Waals surface area contributed by atoms with Gasteiger partial charge in [0.2, 0.25) is 11.9 Å². The van der Waals surface area contributed by atoms with E-state index in [0.29, 0.717) is 33.9 Å². The summed E-state index contributed by atoms with van der Waals surface area (Å²) in [5.74, 6) is 0.848. The second-order valence-corrected chi connectivity index (χ2v) is 6.00. The quantitative estimate of drug-likeness (QED) is 0.687. The lowest BCUT2D eigenvalue weighted by Gasteiger charge is -2.07.